The van der Waals surface area contributed by atoms with Crippen LogP contribution in [-0.2, 0) is 23.9 Å². The van der Waals surface area contributed by atoms with Gasteiger partial charge in [-0.3, -0.25) is 9.88 Å². The molecule has 0 N–H and O–H groups in total. The Balaban J connectivity index is 1.20. The van der Waals surface area contributed by atoms with E-state index >= 15 is 0 Å². The van der Waals surface area contributed by atoms with E-state index in [-0.39, 0.29) is 23.1 Å². The Kier molecular flexibility index (Phi) is 9.26. The number of piperidine rings is 1. The van der Waals surface area contributed by atoms with E-state index in [1.807, 2.05) is 22.1 Å². The molecule has 0 spiro atoms. The molecule has 1 aromatic heterocycles. The smallest absolute Gasteiger partial charge is 0.320 e. The Morgan fingerprint density at radius 3 is 2.38 bits per heavy atom. The normalized spacial score (nSPS) is 19.6. The summed E-state index contributed by atoms with van der Waals surface area (Å²) in [5, 5.41) is 9.27. The van der Waals surface area contributed by atoms with Crippen molar-refractivity contribution in [2.75, 3.05) is 50.7 Å². The molecule has 2 aromatic rings. The molecule has 1 aromatic carbocycles. The molecule has 0 bridgehead atoms. The highest BCUT2D eigenvalue weighted by Gasteiger charge is 2.41. The van der Waals surface area contributed by atoms with Gasteiger partial charge in [0.05, 0.1) is 36.3 Å². The number of nitrogens with zero attached hydrogens (tertiary/aromatic N) is 6. The lowest BCUT2D eigenvalue weighted by molar-refractivity contribution is 0.0878. The molecule has 0 unspecified atom stereocenters. The average Bonchev–Trinajstić information content (AvgIpc) is 3.30. The third kappa shape index (κ3) is 7.16. The van der Waals surface area contributed by atoms with Gasteiger partial charge in [0.2, 0.25) is 0 Å². The predicted molar refractivity (Wildman–Crippen MR) is 170 cm³/mol. The number of urea groups is 1. The summed E-state index contributed by atoms with van der Waals surface area (Å²) >= 11 is 0. The topological polar surface area (TPSA) is 75.9 Å². The molecular weight excluding hydrogens is 540 g/mol. The number of hydrogen-bond acceptors (Lipinski definition) is 6. The summed E-state index contributed by atoms with van der Waals surface area (Å²) in [5.74, 6) is 0.168. The van der Waals surface area contributed by atoms with E-state index in [2.05, 4.69) is 80.1 Å². The van der Waals surface area contributed by atoms with Gasteiger partial charge >= 0.3 is 6.03 Å². The molecular formula is C33H48N6O2Si. The Morgan fingerprint density at radius 2 is 1.71 bits per heavy atom. The second kappa shape index (κ2) is 12.7. The van der Waals surface area contributed by atoms with Crippen LogP contribution in [0, 0.1) is 17.2 Å². The van der Waals surface area contributed by atoms with Crippen LogP contribution < -0.4 is 4.90 Å². The molecule has 5 rings (SSSR count). The van der Waals surface area contributed by atoms with Crippen molar-refractivity contribution in [2.45, 2.75) is 77.4 Å². The van der Waals surface area contributed by atoms with E-state index in [1.54, 1.807) is 0 Å². The van der Waals surface area contributed by atoms with E-state index in [0.717, 1.165) is 63.4 Å². The molecule has 9 heteroatoms. The first-order valence-corrected chi connectivity index (χ1v) is 18.5. The first kappa shape index (κ1) is 30.5. The standard InChI is InChI=1S/C33H48N6O2Si/c1-33(2,3)42(4,5)41-31(24-36-15-14-27-8-6-7-9-28(27)22-36)25-39-19-18-38(32(39)40)23-29-10-11-30(21-35-29)37-16-12-26(20-34)13-17-37/h6-11,21,26,31H,12-19,22-25H2,1-5H3/t31-/m1/s1. The summed E-state index contributed by atoms with van der Waals surface area (Å²) in [5.41, 5.74) is 4.85. The molecule has 2 saturated heterocycles. The lowest BCUT2D eigenvalue weighted by Gasteiger charge is -2.42. The molecule has 0 saturated carbocycles. The van der Waals surface area contributed by atoms with Crippen molar-refractivity contribution in [3.63, 3.8) is 0 Å². The number of amides is 2. The summed E-state index contributed by atoms with van der Waals surface area (Å²) in [6.07, 6.45) is 4.76. The third-order valence-electron chi connectivity index (χ3n) is 9.75. The molecule has 0 aliphatic carbocycles. The van der Waals surface area contributed by atoms with Crippen LogP contribution in [0.15, 0.2) is 42.6 Å². The van der Waals surface area contributed by atoms with Crippen molar-refractivity contribution in [1.29, 1.82) is 5.26 Å². The number of fused-ring (bicyclic) bond motifs is 1. The number of hydrogen-bond donors (Lipinski definition) is 0. The van der Waals surface area contributed by atoms with Crippen molar-refractivity contribution in [1.82, 2.24) is 19.7 Å². The fraction of sp³-hybridized carbons (Fsp3) is 0.606. The van der Waals surface area contributed by atoms with Gasteiger partial charge in [-0.2, -0.15) is 5.26 Å². The molecule has 0 radical (unpaired) electrons. The van der Waals surface area contributed by atoms with Gasteiger partial charge in [0.1, 0.15) is 0 Å². The summed E-state index contributed by atoms with van der Waals surface area (Å²) in [6, 6.07) is 15.4. The zero-order chi connectivity index (χ0) is 29.9. The maximum atomic E-state index is 13.6. The molecule has 2 fully saturated rings. The van der Waals surface area contributed by atoms with Crippen LogP contribution in [0.2, 0.25) is 18.1 Å². The minimum atomic E-state index is -2.03. The Hall–Kier alpha value is -2.93. The number of rotatable bonds is 9. The number of benzene rings is 1. The summed E-state index contributed by atoms with van der Waals surface area (Å²) in [4.78, 5) is 27.0. The first-order valence-electron chi connectivity index (χ1n) is 15.6. The van der Waals surface area contributed by atoms with E-state index in [0.29, 0.717) is 26.2 Å². The zero-order valence-corrected chi connectivity index (χ0v) is 27.2. The van der Waals surface area contributed by atoms with E-state index in [9.17, 15) is 10.1 Å². The number of aromatic nitrogens is 1. The van der Waals surface area contributed by atoms with Crippen molar-refractivity contribution in [3.05, 3.63) is 59.4 Å². The predicted octanol–water partition coefficient (Wildman–Crippen LogP) is 5.51. The lowest BCUT2D eigenvalue weighted by Crippen LogP contribution is -2.51. The minimum Gasteiger partial charge on any atom is -0.411 e. The number of carbonyl (C=O) groups excluding carboxylic acids is 1. The minimum absolute atomic E-state index is 0.0253. The van der Waals surface area contributed by atoms with Crippen molar-refractivity contribution in [2.24, 2.45) is 5.92 Å². The summed E-state index contributed by atoms with van der Waals surface area (Å²) in [7, 11) is -2.03. The second-order valence-electron chi connectivity index (χ2n) is 13.8. The Bertz CT molecular complexity index is 1260. The molecule has 8 nitrogen and oxygen atoms in total. The van der Waals surface area contributed by atoms with Crippen LogP contribution in [0.4, 0.5) is 10.5 Å². The van der Waals surface area contributed by atoms with Gasteiger partial charge in [-0.15, -0.1) is 0 Å². The maximum absolute atomic E-state index is 13.6. The quantitative estimate of drug-likeness (QED) is 0.360. The zero-order valence-electron chi connectivity index (χ0n) is 26.2. The van der Waals surface area contributed by atoms with Crippen LogP contribution in [0.5, 0.6) is 0 Å². The van der Waals surface area contributed by atoms with Crippen LogP contribution >= 0.6 is 0 Å². The van der Waals surface area contributed by atoms with Gasteiger partial charge in [-0.1, -0.05) is 45.0 Å². The number of pyridine rings is 1. The van der Waals surface area contributed by atoms with Gasteiger partial charge < -0.3 is 19.1 Å². The average molecular weight is 589 g/mol. The van der Waals surface area contributed by atoms with Crippen molar-refractivity contribution in [3.8, 4) is 6.07 Å². The van der Waals surface area contributed by atoms with Crippen molar-refractivity contribution < 1.29 is 9.22 Å². The number of carbonyl (C=O) groups is 1. The molecule has 3 aliphatic heterocycles. The van der Waals surface area contributed by atoms with Gasteiger partial charge in [0, 0.05) is 58.3 Å². The Labute approximate surface area is 253 Å². The molecule has 2 amide bonds. The number of anilines is 1. The van der Waals surface area contributed by atoms with Gasteiger partial charge in [0.25, 0.3) is 0 Å². The SMILES string of the molecule is CC(C)(C)[Si](C)(C)O[C@H](CN1CCc2ccccc2C1)CN1CCN(Cc2ccc(N3CCC(C#N)CC3)cn2)C1=O. The van der Waals surface area contributed by atoms with E-state index in [4.69, 9.17) is 9.41 Å². The summed E-state index contributed by atoms with van der Waals surface area (Å²) in [6.45, 7) is 18.6. The molecule has 42 heavy (non-hydrogen) atoms. The highest BCUT2D eigenvalue weighted by atomic mass is 28.4. The van der Waals surface area contributed by atoms with Crippen LogP contribution in [0.1, 0.15) is 50.4 Å². The van der Waals surface area contributed by atoms with Crippen LogP contribution in [0.25, 0.3) is 0 Å². The fourth-order valence-corrected chi connectivity index (χ4v) is 7.41. The monoisotopic (exact) mass is 588 g/mol. The van der Waals surface area contributed by atoms with Gasteiger partial charge in [-0.25, -0.2) is 4.79 Å². The third-order valence-corrected chi connectivity index (χ3v) is 14.3. The second-order valence-corrected chi connectivity index (χ2v) is 18.6. The molecule has 1 atom stereocenters. The van der Waals surface area contributed by atoms with Crippen LogP contribution in [0.3, 0.4) is 0 Å². The lowest BCUT2D eigenvalue weighted by atomic mass is 9.98. The summed E-state index contributed by atoms with van der Waals surface area (Å²) < 4.78 is 6.99. The van der Waals surface area contributed by atoms with Gasteiger partial charge in [0.15, 0.2) is 8.32 Å². The van der Waals surface area contributed by atoms with E-state index < -0.39 is 8.32 Å². The van der Waals surface area contributed by atoms with Gasteiger partial charge in [-0.05, 0) is 60.7 Å². The van der Waals surface area contributed by atoms with Crippen molar-refractivity contribution >= 4 is 20.0 Å². The largest absolute Gasteiger partial charge is 0.411 e. The molecule has 3 aliphatic rings. The number of nitriles is 1. The maximum Gasteiger partial charge on any atom is 0.320 e. The highest BCUT2D eigenvalue weighted by Crippen LogP contribution is 2.38. The first-order chi connectivity index (χ1) is 20.0. The highest BCUT2D eigenvalue weighted by molar-refractivity contribution is 6.74. The Morgan fingerprint density at radius 1 is 1.00 bits per heavy atom. The fourth-order valence-electron chi connectivity index (χ4n) is 6.08. The van der Waals surface area contributed by atoms with E-state index in [1.165, 1.54) is 11.1 Å². The molecule has 4 heterocycles. The molecule has 226 valence electrons. The van der Waals surface area contributed by atoms with Crippen LogP contribution in [-0.4, -0.2) is 85.9 Å².